The summed E-state index contributed by atoms with van der Waals surface area (Å²) in [5.74, 6) is -0.213. The summed E-state index contributed by atoms with van der Waals surface area (Å²) in [5.41, 5.74) is 4.29. The van der Waals surface area contributed by atoms with E-state index in [2.05, 4.69) is 5.32 Å². The maximum atomic E-state index is 12.5. The highest BCUT2D eigenvalue weighted by Gasteiger charge is 2.27. The van der Waals surface area contributed by atoms with Crippen LogP contribution in [-0.4, -0.2) is 11.7 Å². The summed E-state index contributed by atoms with van der Waals surface area (Å²) in [4.78, 5) is 25.0. The Hall–Kier alpha value is -2.62. The molecule has 1 N–H and O–H groups in total. The van der Waals surface area contributed by atoms with Gasteiger partial charge in [0.25, 0.3) is 5.91 Å². The molecular weight excluding hydrogens is 381 g/mol. The van der Waals surface area contributed by atoms with Gasteiger partial charge in [0.15, 0.2) is 5.78 Å². The van der Waals surface area contributed by atoms with Gasteiger partial charge in [-0.2, -0.15) is 0 Å². The van der Waals surface area contributed by atoms with Crippen LogP contribution >= 0.6 is 23.2 Å². The van der Waals surface area contributed by atoms with E-state index in [4.69, 9.17) is 23.2 Å². The Labute approximate surface area is 166 Å². The van der Waals surface area contributed by atoms with E-state index in [1.165, 1.54) is 0 Å². The lowest BCUT2D eigenvalue weighted by Gasteiger charge is -2.15. The first-order chi connectivity index (χ1) is 13.0. The fraction of sp³-hybridized carbons (Fsp3) is 0.0909. The smallest absolute Gasteiger partial charge is 0.255 e. The minimum absolute atomic E-state index is 0.0281. The van der Waals surface area contributed by atoms with Crippen LogP contribution < -0.4 is 5.32 Å². The number of amides is 1. The van der Waals surface area contributed by atoms with Gasteiger partial charge in [0.05, 0.1) is 5.69 Å². The number of hydrogen-bond donors (Lipinski definition) is 1. The summed E-state index contributed by atoms with van der Waals surface area (Å²) in [5, 5.41) is 3.97. The van der Waals surface area contributed by atoms with Crippen molar-refractivity contribution in [3.05, 3.63) is 87.4 Å². The van der Waals surface area contributed by atoms with Gasteiger partial charge in [-0.15, -0.1) is 0 Å². The van der Waals surface area contributed by atoms with Crippen molar-refractivity contribution >= 4 is 40.6 Å². The molecule has 0 aromatic heterocycles. The van der Waals surface area contributed by atoms with Gasteiger partial charge in [-0.25, -0.2) is 0 Å². The van der Waals surface area contributed by atoms with Crippen molar-refractivity contribution in [2.45, 2.75) is 12.8 Å². The third kappa shape index (κ3) is 3.36. The summed E-state index contributed by atoms with van der Waals surface area (Å²) in [6.07, 6.45) is 1.04. The Morgan fingerprint density at radius 1 is 0.889 bits per heavy atom. The summed E-state index contributed by atoms with van der Waals surface area (Å²) in [7, 11) is 0. The second kappa shape index (κ2) is 7.18. The van der Waals surface area contributed by atoms with Gasteiger partial charge in [-0.1, -0.05) is 53.5 Å². The van der Waals surface area contributed by atoms with Gasteiger partial charge >= 0.3 is 0 Å². The number of Topliss-reactive ketones (excluding diaryl/α,β-unsaturated/α-hetero) is 1. The highest BCUT2D eigenvalue weighted by atomic mass is 35.5. The van der Waals surface area contributed by atoms with Crippen LogP contribution in [0.1, 0.15) is 32.7 Å². The monoisotopic (exact) mass is 395 g/mol. The molecule has 3 aromatic carbocycles. The summed E-state index contributed by atoms with van der Waals surface area (Å²) in [6, 6.07) is 17.9. The van der Waals surface area contributed by atoms with E-state index < -0.39 is 0 Å². The standard InChI is InChI=1S/C22H15Cl2NO2/c23-14-6-7-16(18(24)12-14)15-8-10-19(21-17(15)9-11-20(21)26)25-22(27)13-4-2-1-3-5-13/h1-8,10,12H,9,11H2,(H,25,27). The molecule has 1 aliphatic rings. The first kappa shape index (κ1) is 17.8. The molecule has 1 aliphatic carbocycles. The number of ketones is 1. The average Bonchev–Trinajstić information content (AvgIpc) is 3.06. The van der Waals surface area contributed by atoms with Crippen LogP contribution in [0.4, 0.5) is 5.69 Å². The molecular formula is C22H15Cl2NO2. The molecule has 4 rings (SSSR count). The number of benzene rings is 3. The molecule has 1 amide bonds. The maximum absolute atomic E-state index is 12.5. The molecule has 27 heavy (non-hydrogen) atoms. The van der Waals surface area contributed by atoms with Crippen molar-refractivity contribution < 1.29 is 9.59 Å². The number of nitrogens with one attached hydrogen (secondary N) is 1. The quantitative estimate of drug-likeness (QED) is 0.587. The topological polar surface area (TPSA) is 46.2 Å². The SMILES string of the molecule is O=C(Nc1ccc(-c2ccc(Cl)cc2Cl)c2c1C(=O)CC2)c1ccccc1. The minimum Gasteiger partial charge on any atom is -0.321 e. The van der Waals surface area contributed by atoms with Crippen molar-refractivity contribution in [2.24, 2.45) is 0 Å². The van der Waals surface area contributed by atoms with Crippen LogP contribution in [0.15, 0.2) is 60.7 Å². The molecule has 134 valence electrons. The summed E-state index contributed by atoms with van der Waals surface area (Å²) < 4.78 is 0. The number of hydrogen-bond acceptors (Lipinski definition) is 2. The van der Waals surface area contributed by atoms with Crippen LogP contribution in [0.2, 0.25) is 10.0 Å². The summed E-state index contributed by atoms with van der Waals surface area (Å²) in [6.45, 7) is 0. The zero-order chi connectivity index (χ0) is 19.0. The first-order valence-electron chi connectivity index (χ1n) is 8.55. The van der Waals surface area contributed by atoms with Gasteiger partial charge in [0.1, 0.15) is 0 Å². The van der Waals surface area contributed by atoms with Crippen molar-refractivity contribution in [1.82, 2.24) is 0 Å². The van der Waals surface area contributed by atoms with Gasteiger partial charge < -0.3 is 5.32 Å². The Morgan fingerprint density at radius 3 is 2.37 bits per heavy atom. The van der Waals surface area contributed by atoms with Gasteiger partial charge in [0.2, 0.25) is 0 Å². The second-order valence-electron chi connectivity index (χ2n) is 6.38. The second-order valence-corrected chi connectivity index (χ2v) is 7.23. The predicted octanol–water partition coefficient (Wildman–Crippen LogP) is 6.04. The zero-order valence-corrected chi connectivity index (χ0v) is 15.8. The van der Waals surface area contributed by atoms with Crippen LogP contribution in [0.25, 0.3) is 11.1 Å². The minimum atomic E-state index is -0.241. The van der Waals surface area contributed by atoms with E-state index in [1.54, 1.807) is 42.5 Å². The van der Waals surface area contributed by atoms with E-state index in [1.807, 2.05) is 18.2 Å². The zero-order valence-electron chi connectivity index (χ0n) is 14.3. The number of carbonyl (C=O) groups excluding carboxylic acids is 2. The summed E-state index contributed by atoms with van der Waals surface area (Å²) >= 11 is 12.4. The van der Waals surface area contributed by atoms with Gasteiger partial charge in [-0.3, -0.25) is 9.59 Å². The van der Waals surface area contributed by atoms with Crippen molar-refractivity contribution in [3.63, 3.8) is 0 Å². The third-order valence-corrected chi connectivity index (χ3v) is 5.25. The van der Waals surface area contributed by atoms with Crippen molar-refractivity contribution in [2.75, 3.05) is 5.32 Å². The molecule has 0 atom stereocenters. The molecule has 0 radical (unpaired) electrons. The van der Waals surface area contributed by atoms with Crippen LogP contribution in [-0.2, 0) is 6.42 Å². The van der Waals surface area contributed by atoms with Crippen LogP contribution in [0, 0.1) is 0 Å². The Kier molecular flexibility index (Phi) is 4.73. The lowest BCUT2D eigenvalue weighted by Crippen LogP contribution is -2.14. The number of rotatable bonds is 3. The van der Waals surface area contributed by atoms with Crippen molar-refractivity contribution in [1.29, 1.82) is 0 Å². The lowest BCUT2D eigenvalue weighted by atomic mass is 9.95. The Balaban J connectivity index is 1.77. The average molecular weight is 396 g/mol. The molecule has 0 fully saturated rings. The predicted molar refractivity (Wildman–Crippen MR) is 109 cm³/mol. The molecule has 0 saturated carbocycles. The number of carbonyl (C=O) groups is 2. The first-order valence-corrected chi connectivity index (χ1v) is 9.31. The number of anilines is 1. The molecule has 0 saturated heterocycles. The number of halogens is 2. The Morgan fingerprint density at radius 2 is 1.63 bits per heavy atom. The van der Waals surface area contributed by atoms with E-state index >= 15 is 0 Å². The van der Waals surface area contributed by atoms with Crippen molar-refractivity contribution in [3.8, 4) is 11.1 Å². The molecule has 5 heteroatoms. The molecule has 0 spiro atoms. The molecule has 0 aliphatic heterocycles. The fourth-order valence-corrected chi connectivity index (χ4v) is 3.95. The lowest BCUT2D eigenvalue weighted by molar-refractivity contribution is 0.0995. The molecule has 0 unspecified atom stereocenters. The molecule has 3 nitrogen and oxygen atoms in total. The van der Waals surface area contributed by atoms with E-state index in [9.17, 15) is 9.59 Å². The Bertz CT molecular complexity index is 1060. The third-order valence-electron chi connectivity index (χ3n) is 4.70. The maximum Gasteiger partial charge on any atom is 0.255 e. The molecule has 3 aromatic rings. The van der Waals surface area contributed by atoms with Crippen LogP contribution in [0.3, 0.4) is 0 Å². The molecule has 0 heterocycles. The van der Waals surface area contributed by atoms with Crippen LogP contribution in [0.5, 0.6) is 0 Å². The van der Waals surface area contributed by atoms with Gasteiger partial charge in [0, 0.05) is 33.2 Å². The highest BCUT2D eigenvalue weighted by Crippen LogP contribution is 2.40. The van der Waals surface area contributed by atoms with E-state index in [0.717, 1.165) is 16.7 Å². The molecule has 0 bridgehead atoms. The van der Waals surface area contributed by atoms with E-state index in [-0.39, 0.29) is 11.7 Å². The largest absolute Gasteiger partial charge is 0.321 e. The van der Waals surface area contributed by atoms with E-state index in [0.29, 0.717) is 39.7 Å². The number of fused-ring (bicyclic) bond motifs is 1. The van der Waals surface area contributed by atoms with Gasteiger partial charge in [-0.05, 0) is 47.9 Å². The fourth-order valence-electron chi connectivity index (χ4n) is 3.44. The highest BCUT2D eigenvalue weighted by molar-refractivity contribution is 6.36. The normalized spacial score (nSPS) is 12.7.